The number of halogens is 1. The van der Waals surface area contributed by atoms with Crippen LogP contribution in [0, 0.1) is 5.82 Å². The van der Waals surface area contributed by atoms with E-state index in [9.17, 15) is 18.8 Å². The van der Waals surface area contributed by atoms with E-state index < -0.39 is 6.03 Å². The number of carbonyl (C=O) groups excluding carboxylic acids is 3. The molecule has 0 saturated carbocycles. The van der Waals surface area contributed by atoms with Gasteiger partial charge in [0.25, 0.3) is 5.22 Å². The maximum absolute atomic E-state index is 12.8. The van der Waals surface area contributed by atoms with Gasteiger partial charge < -0.3 is 14.6 Å². The number of urea groups is 1. The number of aromatic nitrogens is 2. The predicted molar refractivity (Wildman–Crippen MR) is 91.8 cm³/mol. The molecule has 0 spiro atoms. The lowest BCUT2D eigenvalue weighted by atomic mass is 10.2. The van der Waals surface area contributed by atoms with Gasteiger partial charge in [-0.1, -0.05) is 23.9 Å². The molecule has 9 nitrogen and oxygen atoms in total. The molecule has 2 N–H and O–H groups in total. The van der Waals surface area contributed by atoms with Gasteiger partial charge >= 0.3 is 6.03 Å². The predicted octanol–water partition coefficient (Wildman–Crippen LogP) is 1.06. The highest BCUT2D eigenvalue weighted by Gasteiger charge is 2.24. The van der Waals surface area contributed by atoms with E-state index in [0.717, 1.165) is 17.3 Å². The van der Waals surface area contributed by atoms with Crippen LogP contribution in [0.4, 0.5) is 9.18 Å². The second kappa shape index (κ2) is 8.62. The molecule has 2 aromatic rings. The van der Waals surface area contributed by atoms with Crippen LogP contribution in [-0.4, -0.2) is 45.2 Å². The van der Waals surface area contributed by atoms with Crippen molar-refractivity contribution in [3.63, 3.8) is 0 Å². The standard InChI is InChI=1S/C16H16FN5O4S/c17-11-3-1-10(2-4-11)7-18-13(24)9-27-16-21-20-14(26-16)8-22-6-5-12(23)19-15(22)25/h1-4H,5-9H2,(H,18,24)(H,19,23,25). The number of carbonyl (C=O) groups is 3. The van der Waals surface area contributed by atoms with Gasteiger partial charge in [-0.2, -0.15) is 0 Å². The first kappa shape index (κ1) is 18.8. The Morgan fingerprint density at radius 2 is 2.07 bits per heavy atom. The van der Waals surface area contributed by atoms with Gasteiger partial charge in [0.1, 0.15) is 12.4 Å². The van der Waals surface area contributed by atoms with E-state index in [1.54, 1.807) is 12.1 Å². The zero-order chi connectivity index (χ0) is 19.2. The average molecular weight is 393 g/mol. The zero-order valence-electron chi connectivity index (χ0n) is 14.1. The number of nitrogens with zero attached hydrogens (tertiary/aromatic N) is 3. The fourth-order valence-corrected chi connectivity index (χ4v) is 2.86. The first-order chi connectivity index (χ1) is 13.0. The molecule has 1 aliphatic heterocycles. The highest BCUT2D eigenvalue weighted by molar-refractivity contribution is 7.99. The summed E-state index contributed by atoms with van der Waals surface area (Å²) in [6, 6.07) is 5.34. The maximum atomic E-state index is 12.8. The van der Waals surface area contributed by atoms with Crippen LogP contribution in [0.15, 0.2) is 33.9 Å². The van der Waals surface area contributed by atoms with E-state index in [1.165, 1.54) is 17.0 Å². The number of thioether (sulfide) groups is 1. The Bertz CT molecular complexity index is 842. The SMILES string of the molecule is O=C(CSc1nnc(CN2CCC(=O)NC2=O)o1)NCc1ccc(F)cc1. The number of imide groups is 1. The molecule has 2 heterocycles. The second-order valence-corrected chi connectivity index (χ2v) is 6.61. The molecule has 0 atom stereocenters. The van der Waals surface area contributed by atoms with E-state index in [1.807, 2.05) is 0 Å². The fraction of sp³-hybridized carbons (Fsp3) is 0.312. The fourth-order valence-electron chi connectivity index (χ4n) is 2.25. The van der Waals surface area contributed by atoms with Crippen LogP contribution in [0.1, 0.15) is 17.9 Å². The number of hydrogen-bond donors (Lipinski definition) is 2. The van der Waals surface area contributed by atoms with Gasteiger partial charge in [0.05, 0.1) is 5.75 Å². The Morgan fingerprint density at radius 3 is 2.81 bits per heavy atom. The molecule has 0 radical (unpaired) electrons. The summed E-state index contributed by atoms with van der Waals surface area (Å²) in [4.78, 5) is 36.0. The van der Waals surface area contributed by atoms with Crippen LogP contribution >= 0.6 is 11.8 Å². The first-order valence-corrected chi connectivity index (χ1v) is 9.03. The Kier molecular flexibility index (Phi) is 6.01. The van der Waals surface area contributed by atoms with Crippen molar-refractivity contribution in [2.24, 2.45) is 0 Å². The largest absolute Gasteiger partial charge is 0.414 e. The number of amides is 4. The monoisotopic (exact) mass is 393 g/mol. The van der Waals surface area contributed by atoms with Crippen molar-refractivity contribution in [3.8, 4) is 0 Å². The van der Waals surface area contributed by atoms with Crippen LogP contribution in [0.25, 0.3) is 0 Å². The van der Waals surface area contributed by atoms with Gasteiger partial charge in [0, 0.05) is 19.5 Å². The minimum Gasteiger partial charge on any atom is -0.414 e. The molecular formula is C16H16FN5O4S. The van der Waals surface area contributed by atoms with Crippen molar-refractivity contribution in [1.82, 2.24) is 25.7 Å². The third-order valence-corrected chi connectivity index (χ3v) is 4.46. The van der Waals surface area contributed by atoms with E-state index in [4.69, 9.17) is 4.42 Å². The Hall–Kier alpha value is -2.95. The third-order valence-electron chi connectivity index (χ3n) is 3.65. The van der Waals surface area contributed by atoms with Gasteiger partial charge in [-0.15, -0.1) is 10.2 Å². The molecular weight excluding hydrogens is 377 g/mol. The highest BCUT2D eigenvalue weighted by Crippen LogP contribution is 2.17. The molecule has 1 saturated heterocycles. The number of rotatable bonds is 7. The van der Waals surface area contributed by atoms with Crippen LogP contribution < -0.4 is 10.6 Å². The molecule has 0 bridgehead atoms. The summed E-state index contributed by atoms with van der Waals surface area (Å²) in [5.41, 5.74) is 0.785. The van der Waals surface area contributed by atoms with Crippen molar-refractivity contribution in [2.75, 3.05) is 12.3 Å². The van der Waals surface area contributed by atoms with Gasteiger partial charge in [0.2, 0.25) is 17.7 Å². The van der Waals surface area contributed by atoms with Gasteiger partial charge in [0.15, 0.2) is 0 Å². The number of hydrogen-bond acceptors (Lipinski definition) is 7. The van der Waals surface area contributed by atoms with E-state index in [-0.39, 0.29) is 60.6 Å². The molecule has 0 unspecified atom stereocenters. The Balaban J connectivity index is 1.42. The molecule has 0 aliphatic carbocycles. The quantitative estimate of drug-likeness (QED) is 0.676. The van der Waals surface area contributed by atoms with Crippen LogP contribution in [0.5, 0.6) is 0 Å². The maximum Gasteiger partial charge on any atom is 0.324 e. The van der Waals surface area contributed by atoms with E-state index in [0.29, 0.717) is 0 Å². The molecule has 1 aromatic heterocycles. The number of nitrogens with one attached hydrogen (secondary N) is 2. The molecule has 1 aromatic carbocycles. The molecule has 142 valence electrons. The number of benzene rings is 1. The lowest BCUT2D eigenvalue weighted by Crippen LogP contribution is -2.48. The summed E-state index contributed by atoms with van der Waals surface area (Å²) in [6.45, 7) is 0.655. The van der Waals surface area contributed by atoms with E-state index in [2.05, 4.69) is 20.8 Å². The van der Waals surface area contributed by atoms with Crippen molar-refractivity contribution in [1.29, 1.82) is 0 Å². The summed E-state index contributed by atoms with van der Waals surface area (Å²) in [6.07, 6.45) is 0.218. The van der Waals surface area contributed by atoms with Crippen molar-refractivity contribution in [3.05, 3.63) is 41.5 Å². The average Bonchev–Trinajstić information content (AvgIpc) is 3.09. The van der Waals surface area contributed by atoms with Crippen molar-refractivity contribution >= 4 is 29.6 Å². The summed E-state index contributed by atoms with van der Waals surface area (Å²) in [5, 5.41) is 12.8. The van der Waals surface area contributed by atoms with Crippen LogP contribution in [0.3, 0.4) is 0 Å². The molecule has 3 rings (SSSR count). The van der Waals surface area contributed by atoms with Gasteiger partial charge in [-0.3, -0.25) is 14.9 Å². The summed E-state index contributed by atoms with van der Waals surface area (Å²) in [7, 11) is 0. The van der Waals surface area contributed by atoms with Crippen molar-refractivity contribution < 1.29 is 23.2 Å². The molecule has 4 amide bonds. The Morgan fingerprint density at radius 1 is 1.30 bits per heavy atom. The Labute approximate surface area is 157 Å². The van der Waals surface area contributed by atoms with Gasteiger partial charge in [-0.05, 0) is 17.7 Å². The van der Waals surface area contributed by atoms with E-state index >= 15 is 0 Å². The summed E-state index contributed by atoms with van der Waals surface area (Å²) < 4.78 is 18.2. The topological polar surface area (TPSA) is 117 Å². The summed E-state index contributed by atoms with van der Waals surface area (Å²) >= 11 is 1.06. The van der Waals surface area contributed by atoms with Crippen molar-refractivity contribution in [2.45, 2.75) is 24.7 Å². The minimum atomic E-state index is -0.501. The lowest BCUT2D eigenvalue weighted by molar-refractivity contribution is -0.121. The normalized spacial score (nSPS) is 14.2. The zero-order valence-corrected chi connectivity index (χ0v) is 14.9. The minimum absolute atomic E-state index is 0.0710. The lowest BCUT2D eigenvalue weighted by Gasteiger charge is -2.24. The smallest absolute Gasteiger partial charge is 0.324 e. The molecule has 27 heavy (non-hydrogen) atoms. The van der Waals surface area contributed by atoms with Crippen LogP contribution in [0.2, 0.25) is 0 Å². The van der Waals surface area contributed by atoms with Crippen LogP contribution in [-0.2, 0) is 22.7 Å². The second-order valence-electron chi connectivity index (χ2n) is 5.68. The first-order valence-electron chi connectivity index (χ1n) is 8.04. The molecule has 1 aliphatic rings. The highest BCUT2D eigenvalue weighted by atomic mass is 32.2. The third kappa shape index (κ3) is 5.51. The molecule has 11 heteroatoms. The molecule has 1 fully saturated rings. The van der Waals surface area contributed by atoms with Gasteiger partial charge in [-0.25, -0.2) is 9.18 Å². The summed E-state index contributed by atoms with van der Waals surface area (Å²) in [5.74, 6) is -0.598.